The topological polar surface area (TPSA) is 26.3 Å². The Morgan fingerprint density at radius 1 is 0.571 bits per heavy atom. The molecule has 2 atom stereocenters. The molecule has 56 heavy (non-hydrogen) atoms. The molecule has 0 N–H and O–H groups in total. The second-order valence-electron chi connectivity index (χ2n) is 17.4. The summed E-state index contributed by atoms with van der Waals surface area (Å²) in [7, 11) is 18.3. The average Bonchev–Trinajstić information content (AvgIpc) is 4.05. The van der Waals surface area contributed by atoms with Crippen molar-refractivity contribution in [2.24, 2.45) is 0 Å². The van der Waals surface area contributed by atoms with Crippen molar-refractivity contribution < 1.29 is 24.4 Å². The summed E-state index contributed by atoms with van der Waals surface area (Å²) >= 11 is -5.38. The van der Waals surface area contributed by atoms with E-state index in [0.717, 1.165) is 71.0 Å². The van der Waals surface area contributed by atoms with Crippen molar-refractivity contribution in [1.82, 2.24) is 0 Å². The Morgan fingerprint density at radius 2 is 0.982 bits per heavy atom. The van der Waals surface area contributed by atoms with Crippen LogP contribution in [-0.2, 0) is 41.2 Å². The number of rotatable bonds is 7. The van der Waals surface area contributed by atoms with Gasteiger partial charge in [-0.1, -0.05) is 0 Å². The van der Waals surface area contributed by atoms with Crippen LogP contribution in [0.25, 0.3) is 45.6 Å². The third-order valence-corrected chi connectivity index (χ3v) is 65.6. The van der Waals surface area contributed by atoms with Gasteiger partial charge >= 0.3 is 343 Å². The molecule has 0 spiro atoms. The van der Waals surface area contributed by atoms with Crippen LogP contribution >= 0.6 is 17.0 Å². The van der Waals surface area contributed by atoms with Gasteiger partial charge in [0, 0.05) is 0 Å². The zero-order chi connectivity index (χ0) is 38.7. The molecule has 2 nitrogen and oxygen atoms in total. The molecule has 0 saturated carbocycles. The van der Waals surface area contributed by atoms with Crippen LogP contribution in [0.15, 0.2) is 93.8 Å². The second kappa shape index (κ2) is 13.3. The van der Waals surface area contributed by atoms with Crippen molar-refractivity contribution in [2.75, 3.05) is 0 Å². The van der Waals surface area contributed by atoms with Crippen LogP contribution in [0, 0.1) is 27.7 Å². The van der Waals surface area contributed by atoms with Crippen molar-refractivity contribution >= 4 is 46.2 Å². The van der Waals surface area contributed by atoms with Crippen molar-refractivity contribution in [3.63, 3.8) is 0 Å². The summed E-state index contributed by atoms with van der Waals surface area (Å²) in [4.78, 5) is 0. The molecule has 2 heterocycles. The standard InChI is InChI=1S/2C24H21O.C2H7Si.2ClH.Zr/c2*1-15-11-23(25-16(15)2)20-13-19-12-18-9-6-10-21(18)24(22(19)14-20)17-7-4-3-5-8-17;1-3-2;;;/h2*3-5,7-8,11-14H,6,9-10H2,1-2H3;3H,1-2H3;2*1H;/q;;;;;+2/p-2. The van der Waals surface area contributed by atoms with Crippen molar-refractivity contribution in [3.8, 4) is 22.3 Å². The summed E-state index contributed by atoms with van der Waals surface area (Å²) in [5.41, 5.74) is 20.9. The fourth-order valence-corrected chi connectivity index (χ4v) is 40.8. The van der Waals surface area contributed by atoms with E-state index in [1.807, 2.05) is 0 Å². The number of benzene rings is 4. The van der Waals surface area contributed by atoms with Gasteiger partial charge in [0.1, 0.15) is 0 Å². The van der Waals surface area contributed by atoms with Gasteiger partial charge in [0.05, 0.1) is 0 Å². The van der Waals surface area contributed by atoms with E-state index < -0.39 is 21.5 Å². The fourth-order valence-electron chi connectivity index (χ4n) is 10.9. The first kappa shape index (κ1) is 36.9. The molecule has 10 rings (SSSR count). The first-order chi connectivity index (χ1) is 26.9. The average molecular weight is 872 g/mol. The van der Waals surface area contributed by atoms with Crippen LogP contribution in [0.3, 0.4) is 0 Å². The van der Waals surface area contributed by atoms with E-state index in [1.165, 1.54) is 79.6 Å². The van der Waals surface area contributed by atoms with Gasteiger partial charge in [0.15, 0.2) is 0 Å². The Hall–Kier alpha value is -3.40. The second-order valence-corrected chi connectivity index (χ2v) is 59.9. The molecule has 0 amide bonds. The summed E-state index contributed by atoms with van der Waals surface area (Å²) in [6.07, 6.45) is 11.6. The van der Waals surface area contributed by atoms with Gasteiger partial charge in [-0.3, -0.25) is 0 Å². The van der Waals surface area contributed by atoms with Crippen molar-refractivity contribution in [2.45, 2.75) is 86.6 Å². The van der Waals surface area contributed by atoms with Gasteiger partial charge in [-0.2, -0.15) is 0 Å². The van der Waals surface area contributed by atoms with Crippen LogP contribution in [0.2, 0.25) is 13.1 Å². The molecule has 0 radical (unpaired) electrons. The molecule has 4 aromatic carbocycles. The number of allylic oxidation sites excluding steroid dienone is 2. The summed E-state index contributed by atoms with van der Waals surface area (Å²) in [6.45, 7) is 13.3. The van der Waals surface area contributed by atoms with Gasteiger partial charge in [-0.15, -0.1) is 0 Å². The monoisotopic (exact) mass is 869 g/mol. The van der Waals surface area contributed by atoms with Crippen LogP contribution in [0.1, 0.15) is 98.8 Å². The Morgan fingerprint density at radius 3 is 1.34 bits per heavy atom. The Kier molecular flexibility index (Phi) is 8.78. The Bertz CT molecular complexity index is 2440. The summed E-state index contributed by atoms with van der Waals surface area (Å²) in [6, 6.07) is 31.6. The number of fused-ring (bicyclic) bond motifs is 4. The van der Waals surface area contributed by atoms with Crippen molar-refractivity contribution in [3.05, 3.63) is 164 Å². The molecule has 2 unspecified atom stereocenters. The molecule has 0 fully saturated rings. The van der Waals surface area contributed by atoms with Gasteiger partial charge in [0.25, 0.3) is 0 Å². The van der Waals surface area contributed by atoms with Crippen LogP contribution in [0.5, 0.6) is 0 Å². The number of furan rings is 2. The molecule has 6 heteroatoms. The van der Waals surface area contributed by atoms with Crippen LogP contribution in [0.4, 0.5) is 0 Å². The van der Waals surface area contributed by atoms with E-state index >= 15 is 0 Å². The third kappa shape index (κ3) is 5.35. The number of aryl methyl sites for hydroxylation is 6. The van der Waals surface area contributed by atoms with Gasteiger partial charge in [0.2, 0.25) is 0 Å². The van der Waals surface area contributed by atoms with E-state index in [2.05, 4.69) is 138 Å². The Labute approximate surface area is 340 Å². The predicted molar refractivity (Wildman–Crippen MR) is 236 cm³/mol. The molecular formula is C50H49Cl2O2SiZr. The minimum atomic E-state index is -5.38. The first-order valence-corrected chi connectivity index (χ1v) is 36.9. The molecule has 2 aromatic heterocycles. The number of hydrogen-bond acceptors (Lipinski definition) is 2. The van der Waals surface area contributed by atoms with Crippen molar-refractivity contribution in [1.29, 1.82) is 0 Å². The molecular weight excluding hydrogens is 823 g/mol. The fraction of sp³-hybridized carbons (Fsp3) is 0.280. The Balaban J connectivity index is 1.31. The maximum absolute atomic E-state index is 9.15. The van der Waals surface area contributed by atoms with Gasteiger partial charge in [-0.25, -0.2) is 0 Å². The molecule has 4 aliphatic carbocycles. The quantitative estimate of drug-likeness (QED) is 0.149. The summed E-state index contributed by atoms with van der Waals surface area (Å²) < 4.78 is 13.2. The van der Waals surface area contributed by atoms with E-state index in [-0.39, 0.29) is 7.25 Å². The van der Waals surface area contributed by atoms with E-state index in [1.54, 1.807) is 0 Å². The van der Waals surface area contributed by atoms with E-state index in [9.17, 15) is 0 Å². The van der Waals surface area contributed by atoms with Crippen LogP contribution in [-0.4, -0.2) is 5.92 Å². The van der Waals surface area contributed by atoms with E-state index in [4.69, 9.17) is 25.9 Å². The summed E-state index contributed by atoms with van der Waals surface area (Å²) in [5.74, 6) is 1.78. The van der Waals surface area contributed by atoms with Gasteiger partial charge < -0.3 is 0 Å². The summed E-state index contributed by atoms with van der Waals surface area (Å²) in [5, 5.41) is 0. The normalized spacial score (nSPS) is 19.1. The molecule has 0 aliphatic heterocycles. The third-order valence-electron chi connectivity index (χ3n) is 14.0. The SMILES string of the molecule is Cc1cc(C2=Cc3c(cc4c(c3-c3ccccc3)CCC4)[CH]2[Zr]([Cl])([Cl])([CH]2C(c3cc(C)c(C)o3)=Cc3c2cc2c(c3-c3ccccc3)CCC2)[SiH](C)C)oc1C. The van der Waals surface area contributed by atoms with E-state index in [0.29, 0.717) is 0 Å². The predicted octanol–water partition coefficient (Wildman–Crippen LogP) is 14.3. The van der Waals surface area contributed by atoms with Crippen LogP contribution < -0.4 is 0 Å². The number of hydrogen-bond donors (Lipinski definition) is 0. The minimum absolute atomic E-state index is 0.162. The molecule has 6 aromatic rings. The first-order valence-electron chi connectivity index (χ1n) is 20.6. The van der Waals surface area contributed by atoms with Gasteiger partial charge in [-0.05, 0) is 0 Å². The molecule has 4 aliphatic rings. The zero-order valence-electron chi connectivity index (χ0n) is 33.3. The zero-order valence-corrected chi connectivity index (χ0v) is 38.4. The number of halogens is 2. The molecule has 0 saturated heterocycles. The maximum atomic E-state index is 9.15. The molecule has 0 bridgehead atoms. The molecule has 283 valence electrons.